The number of hydrogen-bond acceptors (Lipinski definition) is 4. The predicted molar refractivity (Wildman–Crippen MR) is 115 cm³/mol. The molecule has 1 aromatic heterocycles. The van der Waals surface area contributed by atoms with Crippen molar-refractivity contribution in [3.8, 4) is 0 Å². The van der Waals surface area contributed by atoms with Crippen molar-refractivity contribution in [2.45, 2.75) is 33.2 Å². The van der Waals surface area contributed by atoms with Crippen molar-refractivity contribution in [1.29, 1.82) is 0 Å². The van der Waals surface area contributed by atoms with Gasteiger partial charge >= 0.3 is 0 Å². The van der Waals surface area contributed by atoms with E-state index in [0.717, 1.165) is 30.2 Å². The monoisotopic (exact) mass is 416 g/mol. The largest absolute Gasteiger partial charge is 0.465 e. The van der Waals surface area contributed by atoms with E-state index < -0.39 is 0 Å². The van der Waals surface area contributed by atoms with Gasteiger partial charge in [-0.05, 0) is 42.7 Å². The highest BCUT2D eigenvalue weighted by molar-refractivity contribution is 5.78. The van der Waals surface area contributed by atoms with E-state index in [4.69, 9.17) is 9.15 Å². The fourth-order valence-electron chi connectivity index (χ4n) is 4.32. The molecule has 0 bridgehead atoms. The average Bonchev–Trinajstić information content (AvgIpc) is 3.30. The molecule has 2 aromatic rings. The van der Waals surface area contributed by atoms with Gasteiger partial charge in [-0.1, -0.05) is 26.0 Å². The molecule has 1 aromatic carbocycles. The normalized spacial score (nSPS) is 19.5. The van der Waals surface area contributed by atoms with Crippen molar-refractivity contribution in [1.82, 2.24) is 9.80 Å². The summed E-state index contributed by atoms with van der Waals surface area (Å²) < 4.78 is 24.9. The number of methoxy groups -OCH3 is 1. The van der Waals surface area contributed by atoms with Gasteiger partial charge in [0.2, 0.25) is 5.91 Å². The maximum absolute atomic E-state index is 13.9. The summed E-state index contributed by atoms with van der Waals surface area (Å²) in [4.78, 5) is 17.0. The number of carbonyl (C=O) groups is 1. The summed E-state index contributed by atoms with van der Waals surface area (Å²) in [7, 11) is 1.65. The van der Waals surface area contributed by atoms with Gasteiger partial charge in [-0.2, -0.15) is 0 Å². The van der Waals surface area contributed by atoms with E-state index in [0.29, 0.717) is 26.2 Å². The molecule has 1 fully saturated rings. The van der Waals surface area contributed by atoms with Crippen molar-refractivity contribution >= 4 is 5.91 Å². The Bertz CT molecular complexity index is 835. The summed E-state index contributed by atoms with van der Waals surface area (Å²) in [5.41, 5.74) is 0.988. The Morgan fingerprint density at radius 2 is 2.10 bits per heavy atom. The third kappa shape index (κ3) is 5.70. The van der Waals surface area contributed by atoms with Crippen LogP contribution in [0.15, 0.2) is 40.8 Å². The molecule has 2 atom stereocenters. The van der Waals surface area contributed by atoms with Gasteiger partial charge in [-0.25, -0.2) is 4.39 Å². The highest BCUT2D eigenvalue weighted by atomic mass is 19.1. The molecule has 164 valence electrons. The lowest BCUT2D eigenvalue weighted by Crippen LogP contribution is -2.41. The molecule has 1 amide bonds. The molecule has 1 aliphatic heterocycles. The summed E-state index contributed by atoms with van der Waals surface area (Å²) in [6.45, 7) is 9.84. The van der Waals surface area contributed by atoms with Crippen molar-refractivity contribution in [3.05, 3.63) is 59.3 Å². The van der Waals surface area contributed by atoms with Crippen LogP contribution in [0.4, 0.5) is 4.39 Å². The lowest BCUT2D eigenvalue weighted by atomic mass is 9.88. The number of carbonyl (C=O) groups excluding carboxylic acids is 1. The maximum atomic E-state index is 13.9. The van der Waals surface area contributed by atoms with Crippen LogP contribution in [0.5, 0.6) is 0 Å². The molecule has 5 nitrogen and oxygen atoms in total. The molecule has 1 aliphatic rings. The number of furan rings is 1. The molecule has 2 heterocycles. The molecule has 3 rings (SSSR count). The van der Waals surface area contributed by atoms with Crippen LogP contribution in [-0.2, 0) is 16.1 Å². The molecule has 0 spiro atoms. The van der Waals surface area contributed by atoms with Crippen LogP contribution < -0.4 is 0 Å². The zero-order chi connectivity index (χ0) is 21.7. The average molecular weight is 417 g/mol. The highest BCUT2D eigenvalue weighted by Gasteiger charge is 2.36. The van der Waals surface area contributed by atoms with E-state index in [1.54, 1.807) is 19.2 Å². The van der Waals surface area contributed by atoms with Gasteiger partial charge < -0.3 is 14.1 Å². The van der Waals surface area contributed by atoms with Crippen LogP contribution in [0.1, 0.15) is 36.8 Å². The van der Waals surface area contributed by atoms with Gasteiger partial charge in [0, 0.05) is 45.1 Å². The van der Waals surface area contributed by atoms with Crippen molar-refractivity contribution in [2.75, 3.05) is 39.9 Å². The van der Waals surface area contributed by atoms with Gasteiger partial charge in [0.05, 0.1) is 13.2 Å². The number of rotatable bonds is 9. The first kappa shape index (κ1) is 22.5. The lowest BCUT2D eigenvalue weighted by Gasteiger charge is -2.29. The molecule has 0 N–H and O–H groups in total. The first-order valence-corrected chi connectivity index (χ1v) is 10.7. The summed E-state index contributed by atoms with van der Waals surface area (Å²) in [6, 6.07) is 10.8. The first-order valence-electron chi connectivity index (χ1n) is 10.7. The van der Waals surface area contributed by atoms with Crippen LogP contribution in [0, 0.1) is 24.6 Å². The Morgan fingerprint density at radius 3 is 2.73 bits per heavy atom. The zero-order valence-electron chi connectivity index (χ0n) is 18.4. The second kappa shape index (κ2) is 10.2. The number of likely N-dealkylation sites (tertiary alicyclic amines) is 1. The topological polar surface area (TPSA) is 45.9 Å². The zero-order valence-corrected chi connectivity index (χ0v) is 18.4. The third-order valence-corrected chi connectivity index (χ3v) is 5.79. The number of aryl methyl sites for hydroxylation is 1. The number of nitrogens with zero attached hydrogens (tertiary/aromatic N) is 2. The number of halogens is 1. The second-order valence-electron chi connectivity index (χ2n) is 8.56. The van der Waals surface area contributed by atoms with Crippen LogP contribution in [0.2, 0.25) is 0 Å². The maximum Gasteiger partial charge on any atom is 0.225 e. The Hall–Kier alpha value is -2.18. The van der Waals surface area contributed by atoms with Crippen molar-refractivity contribution < 1.29 is 18.3 Å². The fourth-order valence-corrected chi connectivity index (χ4v) is 4.32. The summed E-state index contributed by atoms with van der Waals surface area (Å²) >= 11 is 0. The molecule has 0 saturated carbocycles. The SMILES string of the molecule is COCCN(C[C@H]1CN(Cc2ccc(C)o2)C[C@H]1c1cccc(F)c1)C(=O)C(C)C. The van der Waals surface area contributed by atoms with E-state index in [9.17, 15) is 9.18 Å². The minimum atomic E-state index is -0.221. The molecule has 0 aliphatic carbocycles. The number of ether oxygens (including phenoxy) is 1. The van der Waals surface area contributed by atoms with Gasteiger partial charge in [-0.3, -0.25) is 9.69 Å². The molecule has 1 saturated heterocycles. The Balaban J connectivity index is 1.80. The molecule has 30 heavy (non-hydrogen) atoms. The van der Waals surface area contributed by atoms with Gasteiger partial charge in [0.1, 0.15) is 17.3 Å². The minimum Gasteiger partial charge on any atom is -0.465 e. The van der Waals surface area contributed by atoms with Crippen molar-refractivity contribution in [2.24, 2.45) is 11.8 Å². The van der Waals surface area contributed by atoms with E-state index >= 15 is 0 Å². The quantitative estimate of drug-likeness (QED) is 0.618. The van der Waals surface area contributed by atoms with E-state index in [1.165, 1.54) is 6.07 Å². The number of hydrogen-bond donors (Lipinski definition) is 0. The smallest absolute Gasteiger partial charge is 0.225 e. The molecule has 6 heteroatoms. The molecule has 0 radical (unpaired) electrons. The van der Waals surface area contributed by atoms with Gasteiger partial charge in [-0.15, -0.1) is 0 Å². The van der Waals surface area contributed by atoms with Gasteiger partial charge in [0.15, 0.2) is 0 Å². The highest BCUT2D eigenvalue weighted by Crippen LogP contribution is 2.35. The standard InChI is InChI=1S/C24H33FN2O3/c1-17(2)24(28)27(10-11-29-4)14-20-13-26(15-22-9-8-18(3)30-22)16-23(20)19-6-5-7-21(25)12-19/h5-9,12,17,20,23H,10-11,13-16H2,1-4H3/t20-,23+/m1/s1. The third-order valence-electron chi connectivity index (χ3n) is 5.79. The van der Waals surface area contributed by atoms with Gasteiger partial charge in [0.25, 0.3) is 0 Å². The van der Waals surface area contributed by atoms with Crippen LogP contribution in [-0.4, -0.2) is 55.6 Å². The Kier molecular flexibility index (Phi) is 7.67. The first-order chi connectivity index (χ1) is 14.4. The molecular weight excluding hydrogens is 383 g/mol. The number of benzene rings is 1. The molecule has 0 unspecified atom stereocenters. The summed E-state index contributed by atoms with van der Waals surface area (Å²) in [6.07, 6.45) is 0. The summed E-state index contributed by atoms with van der Waals surface area (Å²) in [5, 5.41) is 0. The van der Waals surface area contributed by atoms with Crippen molar-refractivity contribution in [3.63, 3.8) is 0 Å². The second-order valence-corrected chi connectivity index (χ2v) is 8.56. The fraction of sp³-hybridized carbons (Fsp3) is 0.542. The van der Waals surface area contributed by atoms with E-state index in [-0.39, 0.29) is 29.5 Å². The van der Waals surface area contributed by atoms with E-state index in [2.05, 4.69) is 4.90 Å². The lowest BCUT2D eigenvalue weighted by molar-refractivity contribution is -0.135. The number of amides is 1. The minimum absolute atomic E-state index is 0.0712. The van der Waals surface area contributed by atoms with Crippen LogP contribution >= 0.6 is 0 Å². The molecular formula is C24H33FN2O3. The van der Waals surface area contributed by atoms with Crippen LogP contribution in [0.25, 0.3) is 0 Å². The Labute approximate surface area is 178 Å². The summed E-state index contributed by atoms with van der Waals surface area (Å²) in [5.74, 6) is 2.03. The predicted octanol–water partition coefficient (Wildman–Crippen LogP) is 4.07. The van der Waals surface area contributed by atoms with E-state index in [1.807, 2.05) is 43.9 Å². The Morgan fingerprint density at radius 1 is 1.30 bits per heavy atom. The van der Waals surface area contributed by atoms with Crippen LogP contribution in [0.3, 0.4) is 0 Å².